The summed E-state index contributed by atoms with van der Waals surface area (Å²) in [5, 5.41) is -1.29. The van der Waals surface area contributed by atoms with E-state index in [2.05, 4.69) is 47.8 Å². The molecule has 0 bridgehead atoms. The summed E-state index contributed by atoms with van der Waals surface area (Å²) in [4.78, 5) is 0. The zero-order valence-electron chi connectivity index (χ0n) is 2.97. The standard InChI is InChI=1S/C2HBr3ClF/c3-1(7)2(4,5)6/h1H. The molecule has 0 aliphatic carbocycles. The Morgan fingerprint density at radius 2 is 1.71 bits per heavy atom. The molecule has 1 atom stereocenters. The molecule has 0 aromatic carbocycles. The summed E-state index contributed by atoms with van der Waals surface area (Å²) >= 11 is 13.5. The van der Waals surface area contributed by atoms with Gasteiger partial charge in [0.2, 0.25) is 0 Å². The minimum atomic E-state index is -1.29. The molecule has 0 heterocycles. The predicted molar refractivity (Wildman–Crippen MR) is 40.3 cm³/mol. The summed E-state index contributed by atoms with van der Waals surface area (Å²) < 4.78 is 10.7. The van der Waals surface area contributed by atoms with Crippen LogP contribution in [0.4, 0.5) is 4.39 Å². The molecule has 0 rings (SSSR count). The summed E-state index contributed by atoms with van der Waals surface area (Å²) in [6.45, 7) is 0. The maximum atomic E-state index is 11.9. The van der Waals surface area contributed by atoms with Gasteiger partial charge in [0, 0.05) is 0 Å². The van der Waals surface area contributed by atoms with Gasteiger partial charge in [0.1, 0.15) is 0 Å². The first-order valence-electron chi connectivity index (χ1n) is 1.29. The highest BCUT2D eigenvalue weighted by Crippen LogP contribution is 2.39. The fourth-order valence-electron chi connectivity index (χ4n) is 0. The third-order valence-corrected chi connectivity index (χ3v) is 3.42. The lowest BCUT2D eigenvalue weighted by Crippen LogP contribution is -2.10. The molecule has 0 fully saturated rings. The van der Waals surface area contributed by atoms with Gasteiger partial charge in [0.05, 0.1) is 0 Å². The molecule has 0 saturated carbocycles. The SMILES string of the molecule is FC(Br)C(Cl)(Br)Br. The van der Waals surface area contributed by atoms with Crippen LogP contribution in [-0.4, -0.2) is 7.77 Å². The maximum absolute atomic E-state index is 11.9. The third-order valence-electron chi connectivity index (χ3n) is 0.247. The number of hydrogen-bond acceptors (Lipinski definition) is 0. The first-order valence-corrected chi connectivity index (χ1v) is 4.17. The van der Waals surface area contributed by atoms with Crippen molar-refractivity contribution in [1.82, 2.24) is 0 Å². The first kappa shape index (κ1) is 8.66. The molecule has 0 aromatic rings. The molecule has 5 heteroatoms. The second kappa shape index (κ2) is 2.99. The molecule has 44 valence electrons. The van der Waals surface area contributed by atoms with E-state index in [1.165, 1.54) is 0 Å². The summed E-state index contributed by atoms with van der Waals surface area (Å²) in [7, 11) is 0. The summed E-state index contributed by atoms with van der Waals surface area (Å²) in [6, 6.07) is 0. The van der Waals surface area contributed by atoms with Crippen LogP contribution >= 0.6 is 59.4 Å². The van der Waals surface area contributed by atoms with Gasteiger partial charge in [-0.25, -0.2) is 4.39 Å². The van der Waals surface area contributed by atoms with Crippen LogP contribution in [0.2, 0.25) is 0 Å². The van der Waals surface area contributed by atoms with Crippen molar-refractivity contribution in [2.45, 2.75) is 7.77 Å². The van der Waals surface area contributed by atoms with E-state index in [1.54, 1.807) is 0 Å². The lowest BCUT2D eigenvalue weighted by molar-refractivity contribution is 0.479. The number of hydrogen-bond donors (Lipinski definition) is 0. The van der Waals surface area contributed by atoms with Gasteiger partial charge < -0.3 is 0 Å². The van der Waals surface area contributed by atoms with Gasteiger partial charge in [-0.05, 0) is 15.9 Å². The molecule has 0 radical (unpaired) electrons. The molecule has 0 aliphatic heterocycles. The molecular weight excluding hydrogens is 318 g/mol. The van der Waals surface area contributed by atoms with Gasteiger partial charge in [-0.1, -0.05) is 43.5 Å². The van der Waals surface area contributed by atoms with E-state index < -0.39 is 7.77 Å². The fourth-order valence-corrected chi connectivity index (χ4v) is 0. The summed E-state index contributed by atoms with van der Waals surface area (Å²) in [6.07, 6.45) is 0. The van der Waals surface area contributed by atoms with Crippen molar-refractivity contribution in [2.75, 3.05) is 0 Å². The number of halogens is 5. The van der Waals surface area contributed by atoms with E-state index in [1.807, 2.05) is 0 Å². The van der Waals surface area contributed by atoms with E-state index in [0.29, 0.717) is 0 Å². The normalized spacial score (nSPS) is 16.7. The molecule has 0 amide bonds. The van der Waals surface area contributed by atoms with Gasteiger partial charge in [-0.3, -0.25) is 0 Å². The quantitative estimate of drug-likeness (QED) is 0.650. The molecule has 0 saturated heterocycles. The topological polar surface area (TPSA) is 0 Å². The van der Waals surface area contributed by atoms with Gasteiger partial charge in [0.15, 0.2) is 7.77 Å². The zero-order chi connectivity index (χ0) is 6.08. The van der Waals surface area contributed by atoms with E-state index in [9.17, 15) is 4.39 Å². The monoisotopic (exact) mass is 316 g/mol. The Labute approximate surface area is 71.2 Å². The van der Waals surface area contributed by atoms with E-state index >= 15 is 0 Å². The van der Waals surface area contributed by atoms with Crippen molar-refractivity contribution in [3.8, 4) is 0 Å². The summed E-state index contributed by atoms with van der Waals surface area (Å²) in [5.41, 5.74) is 0. The zero-order valence-corrected chi connectivity index (χ0v) is 8.48. The van der Waals surface area contributed by atoms with Crippen molar-refractivity contribution >= 4 is 59.4 Å². The smallest absolute Gasteiger partial charge is 0.194 e. The highest BCUT2D eigenvalue weighted by atomic mass is 79.9. The maximum Gasteiger partial charge on any atom is 0.194 e. The average molecular weight is 319 g/mol. The van der Waals surface area contributed by atoms with Crippen molar-refractivity contribution < 1.29 is 4.39 Å². The highest BCUT2D eigenvalue weighted by Gasteiger charge is 2.28. The van der Waals surface area contributed by atoms with Crippen LogP contribution in [-0.2, 0) is 0 Å². The molecule has 0 aromatic heterocycles. The molecular formula is C2HBr3ClF. The Hall–Kier alpha value is 1.66. The van der Waals surface area contributed by atoms with Crippen molar-refractivity contribution in [3.05, 3.63) is 0 Å². The lowest BCUT2D eigenvalue weighted by atomic mass is 10.9. The van der Waals surface area contributed by atoms with Gasteiger partial charge in [-0.2, -0.15) is 0 Å². The van der Waals surface area contributed by atoms with E-state index in [0.717, 1.165) is 0 Å². The van der Waals surface area contributed by atoms with Crippen molar-refractivity contribution in [1.29, 1.82) is 0 Å². The Kier molecular flexibility index (Phi) is 3.70. The van der Waals surface area contributed by atoms with Crippen LogP contribution in [0.1, 0.15) is 0 Å². The Balaban J connectivity index is 3.54. The number of alkyl halides is 5. The molecule has 1 unspecified atom stereocenters. The second-order valence-electron chi connectivity index (χ2n) is 0.842. The van der Waals surface area contributed by atoms with Gasteiger partial charge >= 0.3 is 0 Å². The van der Waals surface area contributed by atoms with Crippen LogP contribution in [0.25, 0.3) is 0 Å². The predicted octanol–water partition coefficient (Wildman–Crippen LogP) is 3.36. The van der Waals surface area contributed by atoms with Crippen molar-refractivity contribution in [2.24, 2.45) is 0 Å². The minimum Gasteiger partial charge on any atom is -0.231 e. The Morgan fingerprint density at radius 1 is 1.57 bits per heavy atom. The molecule has 0 N–H and O–H groups in total. The van der Waals surface area contributed by atoms with Gasteiger partial charge in [0.25, 0.3) is 0 Å². The van der Waals surface area contributed by atoms with Crippen LogP contribution < -0.4 is 0 Å². The Bertz CT molecular complexity index is 58.4. The number of rotatable bonds is 1. The summed E-state index contributed by atoms with van der Waals surface area (Å²) in [5.74, 6) is 0. The average Bonchev–Trinajstić information content (AvgIpc) is 1.31. The van der Waals surface area contributed by atoms with Crippen molar-refractivity contribution in [3.63, 3.8) is 0 Å². The second-order valence-corrected chi connectivity index (χ2v) is 6.72. The van der Waals surface area contributed by atoms with Crippen LogP contribution in [0.3, 0.4) is 0 Å². The first-order chi connectivity index (χ1) is 2.94. The highest BCUT2D eigenvalue weighted by molar-refractivity contribution is 9.27. The van der Waals surface area contributed by atoms with Crippen LogP contribution in [0, 0.1) is 0 Å². The molecule has 0 nitrogen and oxygen atoms in total. The van der Waals surface area contributed by atoms with Crippen LogP contribution in [0.5, 0.6) is 0 Å². The van der Waals surface area contributed by atoms with E-state index in [-0.39, 0.29) is 0 Å². The third kappa shape index (κ3) is 4.18. The van der Waals surface area contributed by atoms with Crippen LogP contribution in [0.15, 0.2) is 0 Å². The molecule has 0 aliphatic rings. The molecule has 0 spiro atoms. The minimum absolute atomic E-state index is 1.15. The van der Waals surface area contributed by atoms with E-state index in [4.69, 9.17) is 11.6 Å². The largest absolute Gasteiger partial charge is 0.231 e. The van der Waals surface area contributed by atoms with Gasteiger partial charge in [-0.15, -0.1) is 0 Å². The molecule has 7 heavy (non-hydrogen) atoms. The fraction of sp³-hybridized carbons (Fsp3) is 1.00. The lowest BCUT2D eigenvalue weighted by Gasteiger charge is -2.09. The Morgan fingerprint density at radius 3 is 1.71 bits per heavy atom.